The summed E-state index contributed by atoms with van der Waals surface area (Å²) in [4.78, 5) is 36.8. The molecular formula is C19H18N2O5S. The van der Waals surface area contributed by atoms with Crippen LogP contribution < -0.4 is 10.6 Å². The summed E-state index contributed by atoms with van der Waals surface area (Å²) in [6.45, 7) is 0.243. The van der Waals surface area contributed by atoms with Gasteiger partial charge in [0.2, 0.25) is 5.91 Å². The minimum atomic E-state index is -0.949. The van der Waals surface area contributed by atoms with Crippen molar-refractivity contribution >= 4 is 34.1 Å². The fraction of sp³-hybridized carbons (Fsp3) is 0.316. The third-order valence-corrected chi connectivity index (χ3v) is 6.03. The van der Waals surface area contributed by atoms with Gasteiger partial charge in [-0.25, -0.2) is 0 Å². The SMILES string of the molecule is O=C(NCc1ccco1)c1ccsc1NC(=O)[C@@H]1[C@@H](C(=O)O)[C@@H]2C=C[C@H]1C2. The van der Waals surface area contributed by atoms with Crippen molar-refractivity contribution in [1.29, 1.82) is 0 Å². The topological polar surface area (TPSA) is 109 Å². The number of carboxylic acids is 1. The van der Waals surface area contributed by atoms with Crippen molar-refractivity contribution < 1.29 is 23.9 Å². The van der Waals surface area contributed by atoms with Crippen LogP contribution in [0.25, 0.3) is 0 Å². The summed E-state index contributed by atoms with van der Waals surface area (Å²) in [7, 11) is 0. The maximum Gasteiger partial charge on any atom is 0.307 e. The van der Waals surface area contributed by atoms with Gasteiger partial charge in [0.15, 0.2) is 0 Å². The highest BCUT2D eigenvalue weighted by molar-refractivity contribution is 7.14. The number of carboxylic acid groups (broad SMARTS) is 1. The number of hydrogen-bond acceptors (Lipinski definition) is 5. The van der Waals surface area contributed by atoms with Crippen molar-refractivity contribution in [3.8, 4) is 0 Å². The molecule has 140 valence electrons. The predicted molar refractivity (Wildman–Crippen MR) is 98.2 cm³/mol. The number of allylic oxidation sites excluding steroid dienone is 2. The Morgan fingerprint density at radius 2 is 1.96 bits per heavy atom. The standard InChI is InChI=1S/C19H18N2O5S/c22-16(20-9-12-2-1-6-26-12)13-5-7-27-18(13)21-17(23)14-10-3-4-11(8-10)15(14)19(24)25/h1-7,10-11,14-15H,8-9H2,(H,20,22)(H,21,23)(H,24,25)/t10-,11+,14-,15-/m0/s1. The predicted octanol–water partition coefficient (Wildman–Crippen LogP) is 2.73. The maximum absolute atomic E-state index is 12.8. The summed E-state index contributed by atoms with van der Waals surface area (Å²) in [6.07, 6.45) is 6.04. The van der Waals surface area contributed by atoms with Crippen LogP contribution in [0.1, 0.15) is 22.5 Å². The van der Waals surface area contributed by atoms with Gasteiger partial charge in [-0.05, 0) is 41.8 Å². The number of amides is 2. The van der Waals surface area contributed by atoms with Gasteiger partial charge < -0.3 is 20.2 Å². The van der Waals surface area contributed by atoms with Crippen LogP contribution in [-0.4, -0.2) is 22.9 Å². The van der Waals surface area contributed by atoms with Gasteiger partial charge in [-0.3, -0.25) is 14.4 Å². The number of thiophene rings is 1. The zero-order valence-electron chi connectivity index (χ0n) is 14.3. The normalized spacial score (nSPS) is 25.5. The summed E-state index contributed by atoms with van der Waals surface area (Å²) >= 11 is 1.24. The quantitative estimate of drug-likeness (QED) is 0.662. The molecule has 0 aliphatic heterocycles. The number of carbonyl (C=O) groups excluding carboxylic acids is 2. The third-order valence-electron chi connectivity index (χ3n) is 5.20. The minimum Gasteiger partial charge on any atom is -0.481 e. The van der Waals surface area contributed by atoms with E-state index in [1.807, 2.05) is 12.2 Å². The summed E-state index contributed by atoms with van der Waals surface area (Å²) in [5, 5.41) is 17.2. The molecule has 2 aliphatic rings. The Labute approximate surface area is 159 Å². The first-order valence-electron chi connectivity index (χ1n) is 8.64. The van der Waals surface area contributed by atoms with Crippen molar-refractivity contribution in [2.75, 3.05) is 5.32 Å². The minimum absolute atomic E-state index is 0.0627. The van der Waals surface area contributed by atoms with Gasteiger partial charge in [0.1, 0.15) is 10.8 Å². The molecule has 0 saturated heterocycles. The second-order valence-electron chi connectivity index (χ2n) is 6.75. The van der Waals surface area contributed by atoms with Gasteiger partial charge in [0.05, 0.1) is 30.2 Å². The van der Waals surface area contributed by atoms with Gasteiger partial charge in [-0.2, -0.15) is 0 Å². The van der Waals surface area contributed by atoms with Gasteiger partial charge in [-0.15, -0.1) is 11.3 Å². The summed E-state index contributed by atoms with van der Waals surface area (Å²) in [6, 6.07) is 5.12. The molecule has 2 bridgehead atoms. The molecule has 7 nitrogen and oxygen atoms in total. The van der Waals surface area contributed by atoms with Crippen LogP contribution in [0, 0.1) is 23.7 Å². The molecule has 27 heavy (non-hydrogen) atoms. The van der Waals surface area contributed by atoms with E-state index in [0.29, 0.717) is 22.7 Å². The molecule has 2 aliphatic carbocycles. The number of carbonyl (C=O) groups is 3. The van der Waals surface area contributed by atoms with Crippen molar-refractivity contribution in [2.45, 2.75) is 13.0 Å². The highest BCUT2D eigenvalue weighted by Gasteiger charge is 2.51. The lowest BCUT2D eigenvalue weighted by molar-refractivity contribution is -0.146. The summed E-state index contributed by atoms with van der Waals surface area (Å²) in [5.74, 6) is -2.48. The average Bonchev–Trinajstić information content (AvgIpc) is 3.42. The van der Waals surface area contributed by atoms with Crippen LogP contribution in [0.5, 0.6) is 0 Å². The molecular weight excluding hydrogens is 368 g/mol. The van der Waals surface area contributed by atoms with Crippen LogP contribution in [-0.2, 0) is 16.1 Å². The number of hydrogen-bond donors (Lipinski definition) is 3. The number of aliphatic carboxylic acids is 1. The Morgan fingerprint density at radius 1 is 1.19 bits per heavy atom. The Hall–Kier alpha value is -2.87. The third kappa shape index (κ3) is 3.28. The van der Waals surface area contributed by atoms with Gasteiger partial charge >= 0.3 is 5.97 Å². The number of fused-ring (bicyclic) bond motifs is 2. The first kappa shape index (κ1) is 17.5. The molecule has 8 heteroatoms. The van der Waals surface area contributed by atoms with E-state index in [0.717, 1.165) is 0 Å². The monoisotopic (exact) mass is 386 g/mol. The fourth-order valence-electron chi connectivity index (χ4n) is 3.97. The van der Waals surface area contributed by atoms with Gasteiger partial charge in [0, 0.05) is 0 Å². The molecule has 0 aromatic carbocycles. The highest BCUT2D eigenvalue weighted by atomic mass is 32.1. The summed E-state index contributed by atoms with van der Waals surface area (Å²) in [5.41, 5.74) is 0.352. The van der Waals surface area contributed by atoms with Crippen LogP contribution in [0.4, 0.5) is 5.00 Å². The zero-order chi connectivity index (χ0) is 19.0. The van der Waals surface area contributed by atoms with Crippen LogP contribution in [0.15, 0.2) is 46.4 Å². The first-order valence-corrected chi connectivity index (χ1v) is 9.52. The van der Waals surface area contributed by atoms with E-state index >= 15 is 0 Å². The summed E-state index contributed by atoms with van der Waals surface area (Å²) < 4.78 is 5.18. The van der Waals surface area contributed by atoms with Gasteiger partial charge in [0.25, 0.3) is 5.91 Å². The Morgan fingerprint density at radius 3 is 2.67 bits per heavy atom. The molecule has 2 aromatic heterocycles. The molecule has 1 saturated carbocycles. The maximum atomic E-state index is 12.8. The van der Waals surface area contributed by atoms with Crippen LogP contribution in [0.2, 0.25) is 0 Å². The molecule has 4 rings (SSSR count). The Balaban J connectivity index is 1.45. The molecule has 0 spiro atoms. The Kier molecular flexibility index (Phi) is 4.57. The van der Waals surface area contributed by atoms with E-state index in [2.05, 4.69) is 10.6 Å². The fourth-order valence-corrected chi connectivity index (χ4v) is 4.76. The molecule has 0 unspecified atom stereocenters. The number of anilines is 1. The van der Waals surface area contributed by atoms with Gasteiger partial charge in [-0.1, -0.05) is 12.2 Å². The zero-order valence-corrected chi connectivity index (χ0v) is 15.1. The lowest BCUT2D eigenvalue weighted by Crippen LogP contribution is -2.36. The number of rotatable bonds is 6. The van der Waals surface area contributed by atoms with Crippen molar-refractivity contribution in [1.82, 2.24) is 5.32 Å². The van der Waals surface area contributed by atoms with Crippen molar-refractivity contribution in [3.05, 3.63) is 53.3 Å². The van der Waals surface area contributed by atoms with E-state index in [4.69, 9.17) is 4.42 Å². The van der Waals surface area contributed by atoms with Crippen molar-refractivity contribution in [2.24, 2.45) is 23.7 Å². The van der Waals surface area contributed by atoms with E-state index in [-0.39, 0.29) is 30.2 Å². The second-order valence-corrected chi connectivity index (χ2v) is 7.67. The molecule has 2 amide bonds. The average molecular weight is 386 g/mol. The van der Waals surface area contributed by atoms with E-state index in [1.54, 1.807) is 23.6 Å². The van der Waals surface area contributed by atoms with E-state index in [1.165, 1.54) is 17.6 Å². The van der Waals surface area contributed by atoms with Crippen molar-refractivity contribution in [3.63, 3.8) is 0 Å². The molecule has 3 N–H and O–H groups in total. The lowest BCUT2D eigenvalue weighted by Gasteiger charge is -2.23. The number of nitrogens with one attached hydrogen (secondary N) is 2. The second kappa shape index (κ2) is 7.03. The molecule has 1 fully saturated rings. The molecule has 4 atom stereocenters. The van der Waals surface area contributed by atoms with Crippen LogP contribution in [0.3, 0.4) is 0 Å². The molecule has 2 heterocycles. The van der Waals surface area contributed by atoms with Crippen LogP contribution >= 0.6 is 11.3 Å². The van der Waals surface area contributed by atoms with E-state index in [9.17, 15) is 19.5 Å². The molecule has 0 radical (unpaired) electrons. The smallest absolute Gasteiger partial charge is 0.307 e. The van der Waals surface area contributed by atoms with E-state index < -0.39 is 17.8 Å². The Bertz CT molecular complexity index is 901. The highest BCUT2D eigenvalue weighted by Crippen LogP contribution is 2.48. The lowest BCUT2D eigenvalue weighted by atomic mass is 9.82. The molecule has 2 aromatic rings. The number of furan rings is 1. The largest absolute Gasteiger partial charge is 0.481 e. The first-order chi connectivity index (χ1) is 13.0.